The Morgan fingerprint density at radius 2 is 1.91 bits per heavy atom. The van der Waals surface area contributed by atoms with E-state index in [-0.39, 0.29) is 36.0 Å². The van der Waals surface area contributed by atoms with Gasteiger partial charge in [-0.2, -0.15) is 0 Å². The fraction of sp³-hybridized carbons (Fsp3) is 0.360. The number of nitrogens with zero attached hydrogens (tertiary/aromatic N) is 2. The molecule has 0 saturated carbocycles. The lowest BCUT2D eigenvalue weighted by atomic mass is 9.91. The van der Waals surface area contributed by atoms with Crippen molar-refractivity contribution >= 4 is 40.2 Å². The first kappa shape index (κ1) is 23.9. The number of likely N-dealkylation sites (tertiary alicyclic amines) is 1. The van der Waals surface area contributed by atoms with E-state index in [2.05, 4.69) is 9.97 Å². The second kappa shape index (κ2) is 10.3. The standard InChI is InChI=1S/C25H25ClFN3O4/c1-15(31)34-20-6-8-30(9-7-20)25(33)18(10-16-2-4-19(27)5-3-16)12-23(32)21-11-17-13-24(26)28-14-22(17)29-21/h2-5,11,13-14,18,20,29H,6-10,12H2,1H3/t18-/m1/s1. The fourth-order valence-electron chi connectivity index (χ4n) is 4.33. The van der Waals surface area contributed by atoms with Crippen LogP contribution in [0.1, 0.15) is 42.2 Å². The Morgan fingerprint density at radius 1 is 1.21 bits per heavy atom. The minimum atomic E-state index is -0.614. The number of piperidine rings is 1. The molecule has 178 valence electrons. The van der Waals surface area contributed by atoms with Gasteiger partial charge in [-0.05, 0) is 36.2 Å². The molecule has 9 heteroatoms. The van der Waals surface area contributed by atoms with Crippen LogP contribution in [-0.4, -0.2) is 51.7 Å². The number of ketones is 1. The molecule has 3 aromatic rings. The SMILES string of the molecule is CC(=O)OC1CCN(C(=O)[C@@H](CC(=O)c2cc3cc(Cl)ncc3[nH]2)Cc2ccc(F)cc2)CC1. The predicted octanol–water partition coefficient (Wildman–Crippen LogP) is 4.34. The summed E-state index contributed by atoms with van der Waals surface area (Å²) in [6.45, 7) is 2.26. The lowest BCUT2D eigenvalue weighted by Crippen LogP contribution is -2.44. The first-order chi connectivity index (χ1) is 16.3. The van der Waals surface area contributed by atoms with Crippen LogP contribution in [0.25, 0.3) is 10.9 Å². The number of H-pyrrole nitrogens is 1. The Bertz CT molecular complexity index is 1200. The summed E-state index contributed by atoms with van der Waals surface area (Å²) < 4.78 is 18.6. The van der Waals surface area contributed by atoms with Crippen LogP contribution in [0.5, 0.6) is 0 Å². The highest BCUT2D eigenvalue weighted by Crippen LogP contribution is 2.24. The van der Waals surface area contributed by atoms with Gasteiger partial charge in [0.2, 0.25) is 5.91 Å². The maximum Gasteiger partial charge on any atom is 0.302 e. The van der Waals surface area contributed by atoms with Crippen LogP contribution in [0.2, 0.25) is 5.15 Å². The monoisotopic (exact) mass is 485 g/mol. The quantitative estimate of drug-likeness (QED) is 0.305. The van der Waals surface area contributed by atoms with E-state index in [1.165, 1.54) is 19.1 Å². The number of halogens is 2. The zero-order valence-corrected chi connectivity index (χ0v) is 19.5. The molecule has 0 aliphatic carbocycles. The summed E-state index contributed by atoms with van der Waals surface area (Å²) in [5.74, 6) is -1.65. The number of aromatic nitrogens is 2. The zero-order chi connectivity index (χ0) is 24.2. The average molecular weight is 486 g/mol. The molecule has 0 unspecified atom stereocenters. The van der Waals surface area contributed by atoms with Crippen LogP contribution in [-0.2, 0) is 20.7 Å². The Morgan fingerprint density at radius 3 is 2.59 bits per heavy atom. The number of pyridine rings is 1. The number of esters is 1. The molecule has 7 nitrogen and oxygen atoms in total. The molecule has 1 atom stereocenters. The number of nitrogens with one attached hydrogen (secondary N) is 1. The van der Waals surface area contributed by atoms with E-state index in [1.54, 1.807) is 35.4 Å². The first-order valence-corrected chi connectivity index (χ1v) is 11.5. The maximum atomic E-state index is 13.4. The molecule has 1 aliphatic rings. The second-order valence-electron chi connectivity index (χ2n) is 8.57. The van der Waals surface area contributed by atoms with E-state index in [0.29, 0.717) is 48.7 Å². The number of carbonyl (C=O) groups excluding carboxylic acids is 3. The summed E-state index contributed by atoms with van der Waals surface area (Å²) >= 11 is 5.94. The third kappa shape index (κ3) is 5.80. The summed E-state index contributed by atoms with van der Waals surface area (Å²) in [6.07, 6.45) is 2.76. The number of benzene rings is 1. The Labute approximate surface area is 201 Å². The van der Waals surface area contributed by atoms with Crippen LogP contribution >= 0.6 is 11.6 Å². The summed E-state index contributed by atoms with van der Waals surface area (Å²) in [5, 5.41) is 1.09. The molecule has 1 fully saturated rings. The number of fused-ring (bicyclic) bond motifs is 1. The number of hydrogen-bond donors (Lipinski definition) is 1. The van der Waals surface area contributed by atoms with Gasteiger partial charge >= 0.3 is 5.97 Å². The van der Waals surface area contributed by atoms with E-state index in [4.69, 9.17) is 16.3 Å². The van der Waals surface area contributed by atoms with Crippen molar-refractivity contribution in [1.29, 1.82) is 0 Å². The van der Waals surface area contributed by atoms with Crippen LogP contribution in [0.15, 0.2) is 42.6 Å². The zero-order valence-electron chi connectivity index (χ0n) is 18.7. The second-order valence-corrected chi connectivity index (χ2v) is 8.95. The highest BCUT2D eigenvalue weighted by Gasteiger charge is 2.31. The minimum absolute atomic E-state index is 0.00589. The Hall–Kier alpha value is -3.26. The van der Waals surface area contributed by atoms with Crippen molar-refractivity contribution in [2.24, 2.45) is 5.92 Å². The molecule has 1 amide bonds. The van der Waals surface area contributed by atoms with E-state index >= 15 is 0 Å². The largest absolute Gasteiger partial charge is 0.462 e. The van der Waals surface area contributed by atoms with Gasteiger partial charge in [0.05, 0.1) is 17.4 Å². The average Bonchev–Trinajstić information content (AvgIpc) is 3.23. The first-order valence-electron chi connectivity index (χ1n) is 11.2. The van der Waals surface area contributed by atoms with Gasteiger partial charge in [0.1, 0.15) is 17.1 Å². The molecule has 0 radical (unpaired) electrons. The summed E-state index contributed by atoms with van der Waals surface area (Å²) in [7, 11) is 0. The third-order valence-electron chi connectivity index (χ3n) is 6.03. The van der Waals surface area contributed by atoms with Crippen LogP contribution in [0.3, 0.4) is 0 Å². The minimum Gasteiger partial charge on any atom is -0.462 e. The maximum absolute atomic E-state index is 13.4. The highest BCUT2D eigenvalue weighted by atomic mass is 35.5. The topological polar surface area (TPSA) is 92.4 Å². The molecule has 2 aromatic heterocycles. The lowest BCUT2D eigenvalue weighted by Gasteiger charge is -2.33. The van der Waals surface area contributed by atoms with E-state index in [0.717, 1.165) is 10.9 Å². The van der Waals surface area contributed by atoms with Crippen molar-refractivity contribution in [3.63, 3.8) is 0 Å². The van der Waals surface area contributed by atoms with E-state index < -0.39 is 5.92 Å². The summed E-state index contributed by atoms with van der Waals surface area (Å²) in [4.78, 5) is 46.6. The summed E-state index contributed by atoms with van der Waals surface area (Å²) in [6, 6.07) is 9.32. The Balaban J connectivity index is 1.51. The van der Waals surface area contributed by atoms with Crippen molar-refractivity contribution in [1.82, 2.24) is 14.9 Å². The van der Waals surface area contributed by atoms with Crippen LogP contribution < -0.4 is 0 Å². The number of ether oxygens (including phenoxy) is 1. The Kier molecular flexibility index (Phi) is 7.26. The van der Waals surface area contributed by atoms with Crippen LogP contribution in [0, 0.1) is 11.7 Å². The molecule has 0 spiro atoms. The number of amides is 1. The van der Waals surface area contributed by atoms with Crippen molar-refractivity contribution in [2.45, 2.75) is 38.7 Å². The predicted molar refractivity (Wildman–Crippen MR) is 125 cm³/mol. The molecule has 1 aromatic carbocycles. The molecular weight excluding hydrogens is 461 g/mol. The highest BCUT2D eigenvalue weighted by molar-refractivity contribution is 6.30. The molecule has 1 aliphatic heterocycles. The van der Waals surface area contributed by atoms with Gasteiger partial charge in [-0.25, -0.2) is 9.37 Å². The number of carbonyl (C=O) groups is 3. The van der Waals surface area contributed by atoms with Gasteiger partial charge in [-0.1, -0.05) is 23.7 Å². The molecule has 1 N–H and O–H groups in total. The number of hydrogen-bond acceptors (Lipinski definition) is 5. The molecule has 3 heterocycles. The summed E-state index contributed by atoms with van der Waals surface area (Å²) in [5.41, 5.74) is 1.83. The molecular formula is C25H25ClFN3O4. The van der Waals surface area contributed by atoms with E-state index in [9.17, 15) is 18.8 Å². The van der Waals surface area contributed by atoms with Crippen molar-refractivity contribution < 1.29 is 23.5 Å². The molecule has 4 rings (SSSR count). The molecule has 34 heavy (non-hydrogen) atoms. The van der Waals surface area contributed by atoms with E-state index in [1.807, 2.05) is 0 Å². The van der Waals surface area contributed by atoms with Gasteiger partial charge in [-0.15, -0.1) is 0 Å². The molecule has 0 bridgehead atoms. The van der Waals surface area contributed by atoms with Gasteiger partial charge < -0.3 is 14.6 Å². The van der Waals surface area contributed by atoms with Crippen molar-refractivity contribution in [3.05, 3.63) is 64.8 Å². The molecule has 1 saturated heterocycles. The normalized spacial score (nSPS) is 15.3. The number of rotatable bonds is 7. The number of Topliss-reactive ketones (excluding diaryl/α,β-unsaturated/α-hetero) is 1. The number of aromatic amines is 1. The van der Waals surface area contributed by atoms with Gasteiger partial charge in [-0.3, -0.25) is 14.4 Å². The van der Waals surface area contributed by atoms with Crippen molar-refractivity contribution in [3.8, 4) is 0 Å². The van der Waals surface area contributed by atoms with Gasteiger partial charge in [0.25, 0.3) is 0 Å². The lowest BCUT2D eigenvalue weighted by molar-refractivity contribution is -0.150. The fourth-order valence-corrected chi connectivity index (χ4v) is 4.49. The third-order valence-corrected chi connectivity index (χ3v) is 6.24. The van der Waals surface area contributed by atoms with Crippen molar-refractivity contribution in [2.75, 3.05) is 13.1 Å². The van der Waals surface area contributed by atoms with Gasteiger partial charge in [0.15, 0.2) is 5.78 Å². The smallest absolute Gasteiger partial charge is 0.302 e. The van der Waals surface area contributed by atoms with Gasteiger partial charge in [0, 0.05) is 50.6 Å². The van der Waals surface area contributed by atoms with Crippen LogP contribution in [0.4, 0.5) is 4.39 Å².